The zero-order chi connectivity index (χ0) is 14.7. The molecule has 0 bridgehead atoms. The molecule has 0 saturated heterocycles. The van der Waals surface area contributed by atoms with Crippen molar-refractivity contribution in [3.05, 3.63) is 71.9 Å². The third kappa shape index (κ3) is 2.60. The van der Waals surface area contributed by atoms with Gasteiger partial charge in [0.1, 0.15) is 0 Å². The maximum absolute atomic E-state index is 12.4. The summed E-state index contributed by atoms with van der Waals surface area (Å²) in [5, 5.41) is 3.69. The first-order valence-electron chi connectivity index (χ1n) is 6.50. The zero-order valence-electron chi connectivity index (χ0n) is 11.2. The van der Waals surface area contributed by atoms with Crippen LogP contribution in [0.15, 0.2) is 60.8 Å². The largest absolute Gasteiger partial charge is 0.322 e. The average Bonchev–Trinajstić information content (AvgIpc) is 2.54. The highest BCUT2D eigenvalue weighted by Gasteiger charge is 2.10. The van der Waals surface area contributed by atoms with Crippen LogP contribution in [0.2, 0.25) is 0 Å². The van der Waals surface area contributed by atoms with E-state index in [-0.39, 0.29) is 5.91 Å². The van der Waals surface area contributed by atoms with Gasteiger partial charge in [-0.25, -0.2) is 0 Å². The highest BCUT2D eigenvalue weighted by Crippen LogP contribution is 2.18. The fourth-order valence-corrected chi connectivity index (χ4v) is 2.19. The number of terminal acetylenes is 1. The molecule has 100 valence electrons. The molecule has 0 radical (unpaired) electrons. The van der Waals surface area contributed by atoms with Crippen molar-refractivity contribution in [2.75, 3.05) is 5.32 Å². The summed E-state index contributed by atoms with van der Waals surface area (Å²) in [7, 11) is 0. The van der Waals surface area contributed by atoms with Crippen LogP contribution in [-0.2, 0) is 0 Å². The number of carbonyl (C=O) groups excluding carboxylic acids is 1. The van der Waals surface area contributed by atoms with E-state index in [9.17, 15) is 4.79 Å². The van der Waals surface area contributed by atoms with E-state index >= 15 is 0 Å². The number of benzene rings is 2. The highest BCUT2D eigenvalue weighted by atomic mass is 16.1. The van der Waals surface area contributed by atoms with E-state index in [1.54, 1.807) is 18.3 Å². The predicted octanol–water partition coefficient (Wildman–Crippen LogP) is 3.47. The maximum atomic E-state index is 12.4. The SMILES string of the molecule is C#Cc1cccc(NC(=O)c2cccc3ncccc23)c1. The minimum Gasteiger partial charge on any atom is -0.322 e. The first kappa shape index (κ1) is 12.9. The van der Waals surface area contributed by atoms with Gasteiger partial charge in [0, 0.05) is 28.4 Å². The topological polar surface area (TPSA) is 42.0 Å². The molecule has 1 N–H and O–H groups in total. The van der Waals surface area contributed by atoms with Crippen LogP contribution in [0.4, 0.5) is 5.69 Å². The summed E-state index contributed by atoms with van der Waals surface area (Å²) in [4.78, 5) is 16.7. The standard InChI is InChI=1S/C18H12N2O/c1-2-13-6-3-7-14(12-13)20-18(21)16-8-4-10-17-15(16)9-5-11-19-17/h1,3-12H,(H,20,21). The number of rotatable bonds is 2. The van der Waals surface area contributed by atoms with Crippen LogP contribution in [-0.4, -0.2) is 10.9 Å². The van der Waals surface area contributed by atoms with Crippen LogP contribution in [0.25, 0.3) is 10.9 Å². The Morgan fingerprint density at radius 2 is 1.95 bits per heavy atom. The average molecular weight is 272 g/mol. The van der Waals surface area contributed by atoms with Crippen LogP contribution in [0.1, 0.15) is 15.9 Å². The number of nitrogens with one attached hydrogen (secondary N) is 1. The number of aromatic nitrogens is 1. The molecule has 3 heteroatoms. The van der Waals surface area contributed by atoms with Gasteiger partial charge in [-0.05, 0) is 36.4 Å². The second-order valence-corrected chi connectivity index (χ2v) is 4.55. The smallest absolute Gasteiger partial charge is 0.256 e. The lowest BCUT2D eigenvalue weighted by Gasteiger charge is -2.08. The molecule has 3 aromatic rings. The van der Waals surface area contributed by atoms with Gasteiger partial charge in [-0.3, -0.25) is 9.78 Å². The Morgan fingerprint density at radius 1 is 1.10 bits per heavy atom. The van der Waals surface area contributed by atoms with E-state index in [0.717, 1.165) is 16.5 Å². The Morgan fingerprint density at radius 3 is 2.81 bits per heavy atom. The van der Waals surface area contributed by atoms with Crippen LogP contribution < -0.4 is 5.32 Å². The summed E-state index contributed by atoms with van der Waals surface area (Å²) < 4.78 is 0. The quantitative estimate of drug-likeness (QED) is 0.726. The van der Waals surface area contributed by atoms with E-state index in [0.29, 0.717) is 11.3 Å². The molecule has 1 heterocycles. The number of anilines is 1. The molecule has 3 rings (SSSR count). The number of fused-ring (bicyclic) bond motifs is 1. The van der Waals surface area contributed by atoms with Crippen LogP contribution in [0.5, 0.6) is 0 Å². The predicted molar refractivity (Wildman–Crippen MR) is 84.1 cm³/mol. The molecule has 0 unspecified atom stereocenters. The summed E-state index contributed by atoms with van der Waals surface area (Å²) in [6, 6.07) is 16.4. The molecule has 0 fully saturated rings. The van der Waals surface area contributed by atoms with Crippen molar-refractivity contribution >= 4 is 22.5 Å². The first-order valence-corrected chi connectivity index (χ1v) is 6.50. The van der Waals surface area contributed by atoms with E-state index in [2.05, 4.69) is 16.2 Å². The van der Waals surface area contributed by atoms with E-state index in [1.165, 1.54) is 0 Å². The Hall–Kier alpha value is -3.12. The molecule has 3 nitrogen and oxygen atoms in total. The van der Waals surface area contributed by atoms with Gasteiger partial charge in [-0.15, -0.1) is 6.42 Å². The molecule has 0 aliphatic carbocycles. The van der Waals surface area contributed by atoms with Crippen molar-refractivity contribution in [1.82, 2.24) is 4.98 Å². The van der Waals surface area contributed by atoms with Gasteiger partial charge in [-0.2, -0.15) is 0 Å². The summed E-state index contributed by atoms with van der Waals surface area (Å²) in [5.74, 6) is 2.37. The van der Waals surface area contributed by atoms with E-state index in [4.69, 9.17) is 6.42 Å². The van der Waals surface area contributed by atoms with Crippen molar-refractivity contribution in [3.63, 3.8) is 0 Å². The number of hydrogen-bond donors (Lipinski definition) is 1. The van der Waals surface area contributed by atoms with Gasteiger partial charge in [-0.1, -0.05) is 24.1 Å². The van der Waals surface area contributed by atoms with Gasteiger partial charge in [0.25, 0.3) is 5.91 Å². The van der Waals surface area contributed by atoms with Crippen molar-refractivity contribution < 1.29 is 4.79 Å². The van der Waals surface area contributed by atoms with Gasteiger partial charge < -0.3 is 5.32 Å². The Balaban J connectivity index is 1.96. The van der Waals surface area contributed by atoms with Crippen molar-refractivity contribution in [3.8, 4) is 12.3 Å². The van der Waals surface area contributed by atoms with Crippen molar-refractivity contribution in [2.45, 2.75) is 0 Å². The van der Waals surface area contributed by atoms with Crippen molar-refractivity contribution in [1.29, 1.82) is 0 Å². The second-order valence-electron chi connectivity index (χ2n) is 4.55. The molecule has 2 aromatic carbocycles. The second kappa shape index (κ2) is 5.48. The maximum Gasteiger partial charge on any atom is 0.256 e. The van der Waals surface area contributed by atoms with E-state index in [1.807, 2.05) is 42.5 Å². The van der Waals surface area contributed by atoms with Crippen LogP contribution in [0.3, 0.4) is 0 Å². The number of pyridine rings is 1. The molecule has 0 aliphatic rings. The molecule has 0 saturated carbocycles. The monoisotopic (exact) mass is 272 g/mol. The molecule has 0 atom stereocenters. The molecular formula is C18H12N2O. The Kier molecular flexibility index (Phi) is 3.36. The lowest BCUT2D eigenvalue weighted by molar-refractivity contribution is 0.102. The number of nitrogens with zero attached hydrogens (tertiary/aromatic N) is 1. The molecule has 1 aromatic heterocycles. The first-order chi connectivity index (χ1) is 10.3. The minimum atomic E-state index is -0.178. The zero-order valence-corrected chi connectivity index (χ0v) is 11.2. The van der Waals surface area contributed by atoms with Gasteiger partial charge in [0.2, 0.25) is 0 Å². The third-order valence-electron chi connectivity index (χ3n) is 3.18. The molecular weight excluding hydrogens is 260 g/mol. The summed E-state index contributed by atoms with van der Waals surface area (Å²) in [6.07, 6.45) is 7.07. The lowest BCUT2D eigenvalue weighted by atomic mass is 10.1. The molecule has 0 aliphatic heterocycles. The number of hydrogen-bond acceptors (Lipinski definition) is 2. The summed E-state index contributed by atoms with van der Waals surface area (Å²) >= 11 is 0. The summed E-state index contributed by atoms with van der Waals surface area (Å²) in [6.45, 7) is 0. The third-order valence-corrected chi connectivity index (χ3v) is 3.18. The Bertz CT molecular complexity index is 857. The van der Waals surface area contributed by atoms with Crippen LogP contribution >= 0.6 is 0 Å². The molecule has 0 spiro atoms. The van der Waals surface area contributed by atoms with Crippen molar-refractivity contribution in [2.24, 2.45) is 0 Å². The fourth-order valence-electron chi connectivity index (χ4n) is 2.19. The summed E-state index contributed by atoms with van der Waals surface area (Å²) in [5.41, 5.74) is 2.79. The normalized spacial score (nSPS) is 10.0. The van der Waals surface area contributed by atoms with Gasteiger partial charge >= 0.3 is 0 Å². The lowest BCUT2D eigenvalue weighted by Crippen LogP contribution is -2.12. The fraction of sp³-hybridized carbons (Fsp3) is 0. The highest BCUT2D eigenvalue weighted by molar-refractivity contribution is 6.12. The minimum absolute atomic E-state index is 0.178. The Labute approximate surface area is 122 Å². The molecule has 21 heavy (non-hydrogen) atoms. The number of carbonyl (C=O) groups is 1. The van der Waals surface area contributed by atoms with Gasteiger partial charge in [0.15, 0.2) is 0 Å². The van der Waals surface area contributed by atoms with E-state index < -0.39 is 0 Å². The molecule has 1 amide bonds. The van der Waals surface area contributed by atoms with Crippen LogP contribution in [0, 0.1) is 12.3 Å². The number of amides is 1. The van der Waals surface area contributed by atoms with Gasteiger partial charge in [0.05, 0.1) is 5.52 Å².